The SMILES string of the molecule is CC(C)CCOC(=O)Oc1ccc(C[C@H](NCC(C)OC(=O)C2CCCCC2)C(=O)O)cc1OC(=O)OCCC(C)C. The van der Waals surface area contributed by atoms with Crippen LogP contribution in [0.3, 0.4) is 0 Å². The molecule has 1 aromatic rings. The van der Waals surface area contributed by atoms with Crippen LogP contribution < -0.4 is 14.8 Å². The number of nitrogens with one attached hydrogen (secondary N) is 1. The Hall–Kier alpha value is -3.34. The standard InChI is InChI=1S/C31H47NO10/c1-20(2)13-15-38-30(36)41-26-12-11-23(18-27(26)42-31(37)39-16-14-21(3)4)17-25(28(33)34)32-19-22(5)40-29(35)24-9-7-6-8-10-24/h11-12,18,20-22,24-25,32H,6-10,13-17,19H2,1-5H3,(H,33,34)/t22?,25-/m0/s1. The van der Waals surface area contributed by atoms with E-state index in [0.717, 1.165) is 32.1 Å². The molecular weight excluding hydrogens is 546 g/mol. The van der Waals surface area contributed by atoms with Gasteiger partial charge in [0.05, 0.1) is 19.1 Å². The average Bonchev–Trinajstić information content (AvgIpc) is 2.92. The molecule has 0 aliphatic heterocycles. The van der Waals surface area contributed by atoms with Gasteiger partial charge in [-0.3, -0.25) is 9.59 Å². The van der Waals surface area contributed by atoms with Gasteiger partial charge in [0.2, 0.25) is 0 Å². The van der Waals surface area contributed by atoms with Crippen LogP contribution in [-0.4, -0.2) is 61.3 Å². The van der Waals surface area contributed by atoms with Crippen molar-refractivity contribution in [2.75, 3.05) is 19.8 Å². The molecular formula is C31H47NO10. The van der Waals surface area contributed by atoms with Gasteiger partial charge in [-0.15, -0.1) is 0 Å². The molecule has 42 heavy (non-hydrogen) atoms. The van der Waals surface area contributed by atoms with Crippen LogP contribution in [0.5, 0.6) is 11.5 Å². The van der Waals surface area contributed by atoms with Gasteiger partial charge in [0.25, 0.3) is 0 Å². The molecule has 11 heteroatoms. The van der Waals surface area contributed by atoms with Gasteiger partial charge in [-0.05, 0) is 68.6 Å². The summed E-state index contributed by atoms with van der Waals surface area (Å²) < 4.78 is 26.4. The fraction of sp³-hybridized carbons (Fsp3) is 0.677. The summed E-state index contributed by atoms with van der Waals surface area (Å²) in [5, 5.41) is 12.8. The molecule has 0 bridgehead atoms. The molecule has 236 valence electrons. The van der Waals surface area contributed by atoms with E-state index in [4.69, 9.17) is 23.7 Å². The fourth-order valence-electron chi connectivity index (χ4n) is 4.30. The lowest BCUT2D eigenvalue weighted by molar-refractivity contribution is -0.154. The summed E-state index contributed by atoms with van der Waals surface area (Å²) in [6, 6.07) is 3.37. The van der Waals surface area contributed by atoms with Crippen molar-refractivity contribution in [3.05, 3.63) is 23.8 Å². The van der Waals surface area contributed by atoms with Crippen molar-refractivity contribution in [1.82, 2.24) is 5.32 Å². The lowest BCUT2D eigenvalue weighted by Gasteiger charge is -2.23. The third kappa shape index (κ3) is 13.5. The molecule has 11 nitrogen and oxygen atoms in total. The van der Waals surface area contributed by atoms with Crippen LogP contribution >= 0.6 is 0 Å². The summed E-state index contributed by atoms with van der Waals surface area (Å²) in [7, 11) is 0. The maximum atomic E-state index is 12.4. The van der Waals surface area contributed by atoms with E-state index in [1.54, 1.807) is 13.0 Å². The Morgan fingerprint density at radius 2 is 1.43 bits per heavy atom. The third-order valence-electron chi connectivity index (χ3n) is 6.87. The minimum absolute atomic E-state index is 0.0104. The van der Waals surface area contributed by atoms with Gasteiger partial charge in [0.1, 0.15) is 12.1 Å². The number of carbonyl (C=O) groups is 4. The average molecular weight is 594 g/mol. The second kappa shape index (κ2) is 18.3. The number of benzene rings is 1. The molecule has 1 aliphatic carbocycles. The van der Waals surface area contributed by atoms with Crippen molar-refractivity contribution in [3.8, 4) is 11.5 Å². The molecule has 0 spiro atoms. The highest BCUT2D eigenvalue weighted by atomic mass is 16.7. The van der Waals surface area contributed by atoms with Crippen molar-refractivity contribution in [1.29, 1.82) is 0 Å². The molecule has 0 heterocycles. The number of ether oxygens (including phenoxy) is 5. The van der Waals surface area contributed by atoms with Gasteiger partial charge in [-0.2, -0.15) is 0 Å². The minimum Gasteiger partial charge on any atom is -0.480 e. The molecule has 2 atom stereocenters. The van der Waals surface area contributed by atoms with E-state index in [1.165, 1.54) is 12.1 Å². The highest BCUT2D eigenvalue weighted by molar-refractivity contribution is 5.74. The Bertz CT molecular complexity index is 1020. The summed E-state index contributed by atoms with van der Waals surface area (Å²) >= 11 is 0. The maximum absolute atomic E-state index is 12.4. The van der Waals surface area contributed by atoms with Crippen LogP contribution in [0.4, 0.5) is 9.59 Å². The smallest absolute Gasteiger partial charge is 0.480 e. The summed E-state index contributed by atoms with van der Waals surface area (Å²) in [5.74, 6) is -0.972. The van der Waals surface area contributed by atoms with Crippen LogP contribution in [0.15, 0.2) is 18.2 Å². The van der Waals surface area contributed by atoms with Crippen molar-refractivity contribution < 1.29 is 48.0 Å². The topological polar surface area (TPSA) is 147 Å². The van der Waals surface area contributed by atoms with Crippen molar-refractivity contribution in [2.24, 2.45) is 17.8 Å². The van der Waals surface area contributed by atoms with E-state index < -0.39 is 30.4 Å². The number of carboxylic acid groups (broad SMARTS) is 1. The molecule has 2 rings (SSSR count). The quantitative estimate of drug-likeness (QED) is 0.134. The first-order chi connectivity index (χ1) is 19.9. The minimum atomic E-state index is -1.11. The largest absolute Gasteiger partial charge is 0.513 e. The molecule has 1 saturated carbocycles. The number of hydrogen-bond acceptors (Lipinski definition) is 10. The van der Waals surface area contributed by atoms with Gasteiger partial charge < -0.3 is 34.1 Å². The highest BCUT2D eigenvalue weighted by Gasteiger charge is 2.26. The van der Waals surface area contributed by atoms with E-state index in [2.05, 4.69) is 5.32 Å². The van der Waals surface area contributed by atoms with Crippen LogP contribution in [-0.2, 0) is 30.2 Å². The summed E-state index contributed by atoms with van der Waals surface area (Å²) in [6.45, 7) is 10.1. The predicted octanol–water partition coefficient (Wildman–Crippen LogP) is 5.91. The van der Waals surface area contributed by atoms with Crippen LogP contribution in [0.1, 0.15) is 85.1 Å². The molecule has 1 aliphatic rings. The first kappa shape index (κ1) is 34.9. The van der Waals surface area contributed by atoms with Crippen LogP contribution in [0, 0.1) is 17.8 Å². The zero-order chi connectivity index (χ0) is 31.1. The molecule has 2 N–H and O–H groups in total. The Morgan fingerprint density at radius 1 is 0.857 bits per heavy atom. The Balaban J connectivity index is 2.06. The number of esters is 1. The first-order valence-corrected chi connectivity index (χ1v) is 14.9. The third-order valence-corrected chi connectivity index (χ3v) is 6.87. The summed E-state index contributed by atoms with van der Waals surface area (Å²) in [6.07, 6.45) is 3.65. The zero-order valence-electron chi connectivity index (χ0n) is 25.5. The van der Waals surface area contributed by atoms with Crippen molar-refractivity contribution in [2.45, 2.75) is 98.1 Å². The fourth-order valence-corrected chi connectivity index (χ4v) is 4.30. The molecule has 1 fully saturated rings. The Morgan fingerprint density at radius 3 is 1.98 bits per heavy atom. The maximum Gasteiger partial charge on any atom is 0.513 e. The van der Waals surface area contributed by atoms with Crippen LogP contribution in [0.2, 0.25) is 0 Å². The predicted molar refractivity (Wildman–Crippen MR) is 155 cm³/mol. The number of rotatable bonds is 16. The summed E-state index contributed by atoms with van der Waals surface area (Å²) in [5.41, 5.74) is 0.493. The van der Waals surface area contributed by atoms with Crippen LogP contribution in [0.25, 0.3) is 0 Å². The van der Waals surface area contributed by atoms with Crippen molar-refractivity contribution >= 4 is 24.2 Å². The van der Waals surface area contributed by atoms with Gasteiger partial charge >= 0.3 is 24.2 Å². The van der Waals surface area contributed by atoms with Gasteiger partial charge in [-0.1, -0.05) is 53.0 Å². The van der Waals surface area contributed by atoms with E-state index in [-0.39, 0.29) is 49.6 Å². The van der Waals surface area contributed by atoms with Gasteiger partial charge in [0.15, 0.2) is 11.5 Å². The van der Waals surface area contributed by atoms with Gasteiger partial charge in [-0.25, -0.2) is 9.59 Å². The first-order valence-electron chi connectivity index (χ1n) is 14.9. The molecule has 1 unspecified atom stereocenters. The molecule has 0 saturated heterocycles. The Kier molecular flexibility index (Phi) is 15.1. The molecule has 1 aromatic carbocycles. The second-order valence-corrected chi connectivity index (χ2v) is 11.6. The zero-order valence-corrected chi connectivity index (χ0v) is 25.5. The number of carboxylic acids is 1. The molecule has 0 aromatic heterocycles. The highest BCUT2D eigenvalue weighted by Crippen LogP contribution is 2.30. The second-order valence-electron chi connectivity index (χ2n) is 11.6. The number of hydrogen-bond donors (Lipinski definition) is 2. The number of aliphatic carboxylic acids is 1. The van der Waals surface area contributed by atoms with E-state index in [0.29, 0.717) is 30.2 Å². The van der Waals surface area contributed by atoms with E-state index in [9.17, 15) is 24.3 Å². The molecule has 0 radical (unpaired) electrons. The Labute approximate surface area is 248 Å². The molecule has 0 amide bonds. The van der Waals surface area contributed by atoms with Gasteiger partial charge in [0, 0.05) is 6.54 Å². The lowest BCUT2D eigenvalue weighted by Crippen LogP contribution is -2.43. The summed E-state index contributed by atoms with van der Waals surface area (Å²) in [4.78, 5) is 49.0. The monoisotopic (exact) mass is 593 g/mol. The number of carbonyl (C=O) groups excluding carboxylic acids is 3. The normalized spacial score (nSPS) is 15.1. The van der Waals surface area contributed by atoms with E-state index in [1.807, 2.05) is 27.7 Å². The van der Waals surface area contributed by atoms with E-state index >= 15 is 0 Å². The lowest BCUT2D eigenvalue weighted by atomic mass is 9.89. The van der Waals surface area contributed by atoms with Crippen molar-refractivity contribution in [3.63, 3.8) is 0 Å².